The maximum Gasteiger partial charge on any atom is 0.420 e. The SMILES string of the molecule is C[C@H](COc1cc2c(cc1C(F)(F)F)N(c1ccc(F)cc1)C[C@@H](CCC(C)(F)F)C(F)(F)S2(=O)=O)C(=O)O. The molecule has 0 unspecified atom stereocenters. The number of carbonyl (C=O) groups is 1. The summed E-state index contributed by atoms with van der Waals surface area (Å²) in [5, 5.41) is 4.29. The maximum absolute atomic E-state index is 15.5. The Bertz CT molecular complexity index is 1320. The van der Waals surface area contributed by atoms with Crippen molar-refractivity contribution in [2.24, 2.45) is 11.8 Å². The normalized spacial score (nSPS) is 19.6. The van der Waals surface area contributed by atoms with Gasteiger partial charge in [-0.2, -0.15) is 22.0 Å². The summed E-state index contributed by atoms with van der Waals surface area (Å²) in [6.07, 6.45) is -7.38. The first-order chi connectivity index (χ1) is 17.8. The Kier molecular flexibility index (Phi) is 8.17. The third kappa shape index (κ3) is 6.39. The van der Waals surface area contributed by atoms with E-state index in [4.69, 9.17) is 9.84 Å². The van der Waals surface area contributed by atoms with E-state index in [1.54, 1.807) is 0 Å². The Morgan fingerprint density at radius 3 is 2.26 bits per heavy atom. The van der Waals surface area contributed by atoms with Gasteiger partial charge in [-0.05, 0) is 50.6 Å². The second-order valence-corrected chi connectivity index (χ2v) is 11.3. The highest BCUT2D eigenvalue weighted by molar-refractivity contribution is 7.92. The number of carboxylic acid groups (broad SMARTS) is 1. The molecule has 15 heteroatoms. The van der Waals surface area contributed by atoms with Crippen LogP contribution in [0.25, 0.3) is 0 Å². The zero-order valence-electron chi connectivity index (χ0n) is 20.4. The van der Waals surface area contributed by atoms with Crippen LogP contribution < -0.4 is 9.64 Å². The van der Waals surface area contributed by atoms with E-state index >= 15 is 8.78 Å². The van der Waals surface area contributed by atoms with Crippen molar-refractivity contribution in [1.82, 2.24) is 0 Å². The van der Waals surface area contributed by atoms with Crippen LogP contribution in [0.3, 0.4) is 0 Å². The first kappa shape index (κ1) is 30.4. The van der Waals surface area contributed by atoms with Gasteiger partial charge in [0, 0.05) is 24.7 Å². The van der Waals surface area contributed by atoms with Gasteiger partial charge in [-0.15, -0.1) is 0 Å². The van der Waals surface area contributed by atoms with Crippen molar-refractivity contribution in [2.45, 2.75) is 48.9 Å². The molecule has 0 fully saturated rings. The number of carboxylic acids is 1. The molecule has 0 saturated heterocycles. The van der Waals surface area contributed by atoms with Crippen LogP contribution >= 0.6 is 0 Å². The lowest BCUT2D eigenvalue weighted by Crippen LogP contribution is -2.40. The van der Waals surface area contributed by atoms with Crippen molar-refractivity contribution in [3.63, 3.8) is 0 Å². The number of anilines is 2. The first-order valence-corrected chi connectivity index (χ1v) is 12.9. The fraction of sp³-hybridized carbons (Fsp3) is 0.458. The number of benzene rings is 2. The predicted octanol–water partition coefficient (Wildman–Crippen LogP) is 6.51. The van der Waals surface area contributed by atoms with E-state index in [1.807, 2.05) is 0 Å². The van der Waals surface area contributed by atoms with Crippen LogP contribution in [-0.4, -0.2) is 43.8 Å². The van der Waals surface area contributed by atoms with Gasteiger partial charge in [0.15, 0.2) is 0 Å². The Labute approximate surface area is 218 Å². The average Bonchev–Trinajstić information content (AvgIpc) is 2.86. The lowest BCUT2D eigenvalue weighted by atomic mass is 9.99. The van der Waals surface area contributed by atoms with Gasteiger partial charge in [0.05, 0.1) is 23.1 Å². The van der Waals surface area contributed by atoms with E-state index in [1.165, 1.54) is 0 Å². The molecule has 0 aliphatic carbocycles. The van der Waals surface area contributed by atoms with E-state index < -0.39 is 98.7 Å². The number of aliphatic carboxylic acids is 1. The van der Waals surface area contributed by atoms with Crippen molar-refractivity contribution in [3.8, 4) is 5.75 Å². The Balaban J connectivity index is 2.30. The molecule has 0 aromatic heterocycles. The number of alkyl halides is 7. The highest BCUT2D eigenvalue weighted by Crippen LogP contribution is 2.51. The molecule has 6 nitrogen and oxygen atoms in total. The molecule has 0 saturated carbocycles. The van der Waals surface area contributed by atoms with E-state index in [-0.39, 0.29) is 17.8 Å². The molecule has 0 spiro atoms. The largest absolute Gasteiger partial charge is 0.492 e. The van der Waals surface area contributed by atoms with Gasteiger partial charge in [-0.25, -0.2) is 21.6 Å². The molecular weight excluding hydrogens is 566 g/mol. The number of nitrogens with zero attached hydrogens (tertiary/aromatic N) is 1. The summed E-state index contributed by atoms with van der Waals surface area (Å²) in [4.78, 5) is 10.5. The molecule has 2 aromatic carbocycles. The lowest BCUT2D eigenvalue weighted by molar-refractivity contribution is -0.142. The van der Waals surface area contributed by atoms with Gasteiger partial charge in [-0.1, -0.05) is 0 Å². The number of halogens is 8. The van der Waals surface area contributed by atoms with Gasteiger partial charge in [0.1, 0.15) is 23.1 Å². The summed E-state index contributed by atoms with van der Waals surface area (Å²) in [6, 6.07) is 4.21. The summed E-state index contributed by atoms with van der Waals surface area (Å²) >= 11 is 0. The Morgan fingerprint density at radius 2 is 1.74 bits per heavy atom. The minimum absolute atomic E-state index is 0.180. The van der Waals surface area contributed by atoms with Crippen molar-refractivity contribution in [2.75, 3.05) is 18.1 Å². The molecule has 216 valence electrons. The molecule has 0 amide bonds. The minimum atomic E-state index is -5.82. The average molecular weight is 590 g/mol. The molecule has 1 N–H and O–H groups in total. The van der Waals surface area contributed by atoms with Gasteiger partial charge in [0.2, 0.25) is 15.8 Å². The predicted molar refractivity (Wildman–Crippen MR) is 123 cm³/mol. The number of hydrogen-bond acceptors (Lipinski definition) is 5. The van der Waals surface area contributed by atoms with E-state index in [0.29, 0.717) is 6.92 Å². The van der Waals surface area contributed by atoms with Crippen LogP contribution in [0.15, 0.2) is 41.3 Å². The van der Waals surface area contributed by atoms with E-state index in [0.717, 1.165) is 36.1 Å². The fourth-order valence-corrected chi connectivity index (χ4v) is 5.58. The molecule has 2 aromatic rings. The molecule has 0 radical (unpaired) electrons. The zero-order chi connectivity index (χ0) is 29.6. The van der Waals surface area contributed by atoms with Gasteiger partial charge >= 0.3 is 17.4 Å². The zero-order valence-corrected chi connectivity index (χ0v) is 21.2. The molecule has 2 atom stereocenters. The van der Waals surface area contributed by atoms with E-state index in [2.05, 4.69) is 0 Å². The minimum Gasteiger partial charge on any atom is -0.492 e. The number of hydrogen-bond donors (Lipinski definition) is 1. The highest BCUT2D eigenvalue weighted by atomic mass is 32.2. The highest BCUT2D eigenvalue weighted by Gasteiger charge is 2.57. The topological polar surface area (TPSA) is 83.9 Å². The number of fused-ring (bicyclic) bond motifs is 1. The van der Waals surface area contributed by atoms with Gasteiger partial charge in [0.25, 0.3) is 0 Å². The molecule has 0 bridgehead atoms. The summed E-state index contributed by atoms with van der Waals surface area (Å²) < 4.78 is 145. The van der Waals surface area contributed by atoms with Crippen molar-refractivity contribution in [1.29, 1.82) is 0 Å². The first-order valence-electron chi connectivity index (χ1n) is 11.4. The van der Waals surface area contributed by atoms with Crippen molar-refractivity contribution < 1.29 is 58.2 Å². The van der Waals surface area contributed by atoms with Crippen LogP contribution in [0.4, 0.5) is 46.5 Å². The third-order valence-electron chi connectivity index (χ3n) is 6.16. The second-order valence-electron chi connectivity index (χ2n) is 9.32. The lowest BCUT2D eigenvalue weighted by Gasteiger charge is -2.30. The van der Waals surface area contributed by atoms with Crippen molar-refractivity contribution >= 4 is 27.2 Å². The number of rotatable bonds is 8. The standard InChI is InChI=1S/C24H23F8NO5S/c1-13(21(34)35)12-38-19-10-20-18(9-17(19)23(28,29)30)33(16-5-3-15(25)4-6-16)11-14(7-8-22(2,26)27)24(31,32)39(20,36)37/h3-6,9-10,13-14H,7-8,11-12H2,1-2H3,(H,34,35)/t13-,14-/m1/s1. The van der Waals surface area contributed by atoms with Crippen LogP contribution in [0, 0.1) is 17.7 Å². The Hall–Kier alpha value is -3.10. The summed E-state index contributed by atoms with van der Waals surface area (Å²) in [5.41, 5.74) is -2.64. The summed E-state index contributed by atoms with van der Waals surface area (Å²) in [5.74, 6) is -10.6. The van der Waals surface area contributed by atoms with Crippen molar-refractivity contribution in [3.05, 3.63) is 47.8 Å². The number of sulfone groups is 1. The summed E-state index contributed by atoms with van der Waals surface area (Å²) in [6.45, 7) is -0.327. The van der Waals surface area contributed by atoms with Crippen LogP contribution in [0.1, 0.15) is 32.3 Å². The Morgan fingerprint density at radius 1 is 1.15 bits per heavy atom. The molecule has 3 rings (SSSR count). The van der Waals surface area contributed by atoms with E-state index in [9.17, 15) is 39.6 Å². The number of ether oxygens (including phenoxy) is 1. The molecule has 1 aliphatic heterocycles. The van der Waals surface area contributed by atoms with Crippen LogP contribution in [0.2, 0.25) is 0 Å². The molecule has 1 aliphatic rings. The quantitative estimate of drug-likeness (QED) is 0.354. The molecular formula is C24H23F8NO5S. The van der Waals surface area contributed by atoms with Gasteiger partial charge < -0.3 is 14.7 Å². The van der Waals surface area contributed by atoms with Crippen LogP contribution in [0.5, 0.6) is 5.75 Å². The fourth-order valence-electron chi connectivity index (χ4n) is 3.95. The van der Waals surface area contributed by atoms with Gasteiger partial charge in [-0.3, -0.25) is 4.79 Å². The maximum atomic E-state index is 15.5. The second kappa shape index (κ2) is 10.5. The molecule has 1 heterocycles. The smallest absolute Gasteiger partial charge is 0.420 e. The summed E-state index contributed by atoms with van der Waals surface area (Å²) in [7, 11) is -5.82. The molecule has 39 heavy (non-hydrogen) atoms. The monoisotopic (exact) mass is 589 g/mol. The third-order valence-corrected chi connectivity index (χ3v) is 8.12. The van der Waals surface area contributed by atoms with Crippen LogP contribution in [-0.2, 0) is 20.8 Å².